The van der Waals surface area contributed by atoms with Crippen LogP contribution in [-0.2, 0) is 0 Å². The van der Waals surface area contributed by atoms with Crippen LogP contribution >= 0.6 is 0 Å². The molecule has 3 heteroatoms. The number of nitrogens with two attached hydrogens (primary N) is 1. The van der Waals surface area contributed by atoms with Gasteiger partial charge < -0.3 is 15.5 Å². The third-order valence-electron chi connectivity index (χ3n) is 2.86. The van der Waals surface area contributed by atoms with E-state index >= 15 is 0 Å². The van der Waals surface area contributed by atoms with Gasteiger partial charge in [0.05, 0.1) is 6.26 Å². The molecule has 0 saturated carbocycles. The highest BCUT2D eigenvalue weighted by Crippen LogP contribution is 2.25. The van der Waals surface area contributed by atoms with Crippen LogP contribution in [0.25, 0.3) is 11.0 Å². The highest BCUT2D eigenvalue weighted by Gasteiger charge is 2.14. The molecule has 0 radical (unpaired) electrons. The molecule has 2 aromatic rings. The van der Waals surface area contributed by atoms with Crippen molar-refractivity contribution in [3.63, 3.8) is 0 Å². The fourth-order valence-corrected chi connectivity index (χ4v) is 1.95. The van der Waals surface area contributed by atoms with Crippen molar-refractivity contribution in [2.45, 2.75) is 12.5 Å². The van der Waals surface area contributed by atoms with Gasteiger partial charge in [-0.05, 0) is 19.0 Å². The monoisotopic (exact) mass is 230 g/mol. The van der Waals surface area contributed by atoms with Crippen LogP contribution in [0.3, 0.4) is 0 Å². The molecule has 1 aromatic carbocycles. The third kappa shape index (κ3) is 2.57. The zero-order valence-electron chi connectivity index (χ0n) is 9.86. The Morgan fingerprint density at radius 1 is 1.41 bits per heavy atom. The van der Waals surface area contributed by atoms with Crippen LogP contribution in [0.4, 0.5) is 0 Å². The molecule has 0 amide bonds. The van der Waals surface area contributed by atoms with Crippen molar-refractivity contribution in [2.75, 3.05) is 13.1 Å². The van der Waals surface area contributed by atoms with E-state index in [0.717, 1.165) is 29.5 Å². The first-order valence-corrected chi connectivity index (χ1v) is 5.87. The molecule has 1 atom stereocenters. The summed E-state index contributed by atoms with van der Waals surface area (Å²) < 4.78 is 5.52. The first-order valence-electron chi connectivity index (χ1n) is 5.87. The van der Waals surface area contributed by atoms with Gasteiger partial charge in [0.2, 0.25) is 0 Å². The molecule has 3 nitrogen and oxygen atoms in total. The van der Waals surface area contributed by atoms with Gasteiger partial charge in [0, 0.05) is 23.5 Å². The second kappa shape index (κ2) is 5.66. The van der Waals surface area contributed by atoms with E-state index in [1.165, 1.54) is 0 Å². The molecule has 2 rings (SSSR count). The van der Waals surface area contributed by atoms with Crippen molar-refractivity contribution < 1.29 is 4.42 Å². The lowest BCUT2D eigenvalue weighted by molar-refractivity contribution is 0.535. The van der Waals surface area contributed by atoms with Gasteiger partial charge in [-0.3, -0.25) is 0 Å². The number of hydrogen-bond donors (Lipinski definition) is 2. The number of rotatable bonds is 6. The van der Waals surface area contributed by atoms with E-state index in [1.807, 2.05) is 24.3 Å². The molecule has 1 unspecified atom stereocenters. The molecule has 0 fully saturated rings. The Morgan fingerprint density at radius 2 is 2.24 bits per heavy atom. The molecule has 0 aliphatic heterocycles. The summed E-state index contributed by atoms with van der Waals surface area (Å²) in [5.41, 5.74) is 7.85. The number of nitrogens with one attached hydrogen (secondary N) is 1. The van der Waals surface area contributed by atoms with E-state index in [-0.39, 0.29) is 6.04 Å². The summed E-state index contributed by atoms with van der Waals surface area (Å²) in [4.78, 5) is 0. The Balaban J connectivity index is 2.20. The normalized spacial score (nSPS) is 12.8. The van der Waals surface area contributed by atoms with Gasteiger partial charge in [-0.1, -0.05) is 24.3 Å². The highest BCUT2D eigenvalue weighted by molar-refractivity contribution is 5.81. The van der Waals surface area contributed by atoms with Crippen LogP contribution in [0.15, 0.2) is 47.6 Å². The predicted octanol–water partition coefficient (Wildman–Crippen LogP) is 2.60. The highest BCUT2D eigenvalue weighted by atomic mass is 16.3. The first kappa shape index (κ1) is 11.9. The lowest BCUT2D eigenvalue weighted by atomic mass is 10.1. The fourth-order valence-electron chi connectivity index (χ4n) is 1.95. The number of furan rings is 1. The summed E-state index contributed by atoms with van der Waals surface area (Å²) in [7, 11) is 0. The lowest BCUT2D eigenvalue weighted by Gasteiger charge is -2.15. The average Bonchev–Trinajstić information content (AvgIpc) is 2.79. The standard InChI is InChI=1S/C14H18N2O/c1-2-3-8-16-13(9-15)12-10-17-14-7-5-4-6-11(12)14/h2,4-7,10,13,16H,1,3,8-9,15H2. The molecule has 0 bridgehead atoms. The molecule has 90 valence electrons. The maximum atomic E-state index is 5.81. The zero-order chi connectivity index (χ0) is 12.1. The van der Waals surface area contributed by atoms with Gasteiger partial charge in [0.15, 0.2) is 0 Å². The maximum absolute atomic E-state index is 5.81. The van der Waals surface area contributed by atoms with Crippen LogP contribution in [0, 0.1) is 0 Å². The minimum Gasteiger partial charge on any atom is -0.464 e. The molecule has 0 aliphatic rings. The molecule has 1 aromatic heterocycles. The molecule has 3 N–H and O–H groups in total. The molecular weight excluding hydrogens is 212 g/mol. The van der Waals surface area contributed by atoms with Crippen LogP contribution in [0.1, 0.15) is 18.0 Å². The van der Waals surface area contributed by atoms with Gasteiger partial charge >= 0.3 is 0 Å². The molecular formula is C14H18N2O. The Bertz CT molecular complexity index is 490. The Morgan fingerprint density at radius 3 is 3.00 bits per heavy atom. The molecule has 1 heterocycles. The summed E-state index contributed by atoms with van der Waals surface area (Å²) in [6.45, 7) is 5.14. The SMILES string of the molecule is C=CCCNC(CN)c1coc2ccccc12. The van der Waals surface area contributed by atoms with Gasteiger partial charge in [-0.25, -0.2) is 0 Å². The number of hydrogen-bond acceptors (Lipinski definition) is 3. The largest absolute Gasteiger partial charge is 0.464 e. The Labute approximate surface area is 101 Å². The van der Waals surface area contributed by atoms with Gasteiger partial charge in [0.1, 0.15) is 5.58 Å². The molecule has 0 spiro atoms. The first-order chi connectivity index (χ1) is 8.36. The Hall–Kier alpha value is -1.58. The van der Waals surface area contributed by atoms with Crippen LogP contribution in [0.2, 0.25) is 0 Å². The van der Waals surface area contributed by atoms with Crippen molar-refractivity contribution in [3.8, 4) is 0 Å². The van der Waals surface area contributed by atoms with Crippen molar-refractivity contribution >= 4 is 11.0 Å². The van der Waals surface area contributed by atoms with Gasteiger partial charge in [-0.15, -0.1) is 6.58 Å². The zero-order valence-corrected chi connectivity index (χ0v) is 9.86. The number of para-hydroxylation sites is 1. The van der Waals surface area contributed by atoms with Crippen LogP contribution < -0.4 is 11.1 Å². The van der Waals surface area contributed by atoms with E-state index in [0.29, 0.717) is 6.54 Å². The summed E-state index contributed by atoms with van der Waals surface area (Å²) in [6.07, 6.45) is 4.63. The minimum atomic E-state index is 0.138. The Kier molecular flexibility index (Phi) is 3.96. The summed E-state index contributed by atoms with van der Waals surface area (Å²) >= 11 is 0. The molecule has 0 aliphatic carbocycles. The van der Waals surface area contributed by atoms with E-state index in [4.69, 9.17) is 10.2 Å². The van der Waals surface area contributed by atoms with Gasteiger partial charge in [0.25, 0.3) is 0 Å². The van der Waals surface area contributed by atoms with E-state index < -0.39 is 0 Å². The molecule has 17 heavy (non-hydrogen) atoms. The minimum absolute atomic E-state index is 0.138. The van der Waals surface area contributed by atoms with Gasteiger partial charge in [-0.2, -0.15) is 0 Å². The van der Waals surface area contributed by atoms with Crippen molar-refractivity contribution in [2.24, 2.45) is 5.73 Å². The van der Waals surface area contributed by atoms with Crippen LogP contribution in [0.5, 0.6) is 0 Å². The smallest absolute Gasteiger partial charge is 0.134 e. The van der Waals surface area contributed by atoms with E-state index in [9.17, 15) is 0 Å². The van der Waals surface area contributed by atoms with Crippen molar-refractivity contribution in [3.05, 3.63) is 48.7 Å². The maximum Gasteiger partial charge on any atom is 0.134 e. The molecule has 0 saturated heterocycles. The quantitative estimate of drug-likeness (QED) is 0.592. The van der Waals surface area contributed by atoms with Crippen LogP contribution in [-0.4, -0.2) is 13.1 Å². The summed E-state index contributed by atoms with van der Waals surface area (Å²) in [5, 5.41) is 4.54. The summed E-state index contributed by atoms with van der Waals surface area (Å²) in [5.74, 6) is 0. The van der Waals surface area contributed by atoms with Crippen molar-refractivity contribution in [1.82, 2.24) is 5.32 Å². The van der Waals surface area contributed by atoms with E-state index in [2.05, 4.69) is 18.0 Å². The average molecular weight is 230 g/mol. The van der Waals surface area contributed by atoms with Crippen molar-refractivity contribution in [1.29, 1.82) is 0 Å². The van der Waals surface area contributed by atoms with E-state index in [1.54, 1.807) is 6.26 Å². The topological polar surface area (TPSA) is 51.2 Å². The summed E-state index contributed by atoms with van der Waals surface area (Å²) in [6, 6.07) is 8.15. The predicted molar refractivity (Wildman–Crippen MR) is 70.8 cm³/mol. The number of fused-ring (bicyclic) bond motifs is 1. The second-order valence-corrected chi connectivity index (χ2v) is 4.01. The fraction of sp³-hybridized carbons (Fsp3) is 0.286. The number of benzene rings is 1. The third-order valence-corrected chi connectivity index (χ3v) is 2.86. The lowest BCUT2D eigenvalue weighted by Crippen LogP contribution is -2.28. The second-order valence-electron chi connectivity index (χ2n) is 4.01.